The molecule has 214 valence electrons. The number of methoxy groups -OCH3 is 1. The number of para-hydroxylation sites is 1. The fraction of sp³-hybridized carbons (Fsp3) is 0.242. The minimum atomic E-state index is -0.847. The first-order chi connectivity index (χ1) is 20.3. The molecule has 0 spiro atoms. The fourth-order valence-corrected chi connectivity index (χ4v) is 6.07. The summed E-state index contributed by atoms with van der Waals surface area (Å²) in [7, 11) is 1.58. The predicted molar refractivity (Wildman–Crippen MR) is 161 cm³/mol. The van der Waals surface area contributed by atoms with Gasteiger partial charge in [-0.3, -0.25) is 25.2 Å². The Labute approximate surface area is 243 Å². The van der Waals surface area contributed by atoms with Gasteiger partial charge in [0.15, 0.2) is 0 Å². The molecule has 4 N–H and O–H groups in total. The Hall–Kier alpha value is -5.05. The third-order valence-electron chi connectivity index (χ3n) is 8.34. The number of carbonyl (C=O) groups excluding carboxylic acids is 3. The standard InChI is InChI=1S/C33H33N5O4/c1-5-18(2)29(32(40)37-36-31(39)27-17-20-16-21(42-4)14-15-25(20)35-27)38-30(22-10-6-7-11-23(22)33(38)41)28-19(3)34-26-13-9-8-12-24(26)28/h6-18,29-30,34-35H,5H2,1-4H3,(H,36,39)(H,37,40). The number of fused-ring (bicyclic) bond motifs is 3. The van der Waals surface area contributed by atoms with Crippen molar-refractivity contribution in [3.63, 3.8) is 0 Å². The molecular weight excluding hydrogens is 530 g/mol. The van der Waals surface area contributed by atoms with Gasteiger partial charge in [-0.2, -0.15) is 0 Å². The highest BCUT2D eigenvalue weighted by Crippen LogP contribution is 2.44. The van der Waals surface area contributed by atoms with Gasteiger partial charge in [-0.15, -0.1) is 0 Å². The molecule has 0 fully saturated rings. The lowest BCUT2D eigenvalue weighted by molar-refractivity contribution is -0.128. The number of ether oxygens (including phenoxy) is 1. The van der Waals surface area contributed by atoms with Crippen molar-refractivity contribution >= 4 is 39.5 Å². The van der Waals surface area contributed by atoms with Gasteiger partial charge in [0.25, 0.3) is 17.7 Å². The second-order valence-electron chi connectivity index (χ2n) is 10.8. The number of aromatic amines is 2. The van der Waals surface area contributed by atoms with Crippen LogP contribution in [0, 0.1) is 12.8 Å². The van der Waals surface area contributed by atoms with Crippen LogP contribution in [-0.2, 0) is 4.79 Å². The van der Waals surface area contributed by atoms with E-state index in [2.05, 4.69) is 20.8 Å². The van der Waals surface area contributed by atoms with Gasteiger partial charge in [0.05, 0.1) is 13.2 Å². The number of benzene rings is 3. The van der Waals surface area contributed by atoms with Gasteiger partial charge >= 0.3 is 0 Å². The van der Waals surface area contributed by atoms with Crippen molar-refractivity contribution in [1.29, 1.82) is 0 Å². The van der Waals surface area contributed by atoms with Gasteiger partial charge < -0.3 is 19.6 Å². The molecule has 6 rings (SSSR count). The summed E-state index contributed by atoms with van der Waals surface area (Å²) in [5.41, 5.74) is 10.5. The molecule has 3 heterocycles. The van der Waals surface area contributed by atoms with E-state index in [9.17, 15) is 14.4 Å². The van der Waals surface area contributed by atoms with E-state index < -0.39 is 23.9 Å². The number of H-pyrrole nitrogens is 2. The molecule has 3 unspecified atom stereocenters. The minimum absolute atomic E-state index is 0.200. The number of amides is 3. The Bertz CT molecular complexity index is 1840. The second-order valence-corrected chi connectivity index (χ2v) is 10.8. The van der Waals surface area contributed by atoms with Crippen molar-refractivity contribution in [3.8, 4) is 5.75 Å². The average molecular weight is 564 g/mol. The maximum absolute atomic E-state index is 14.1. The van der Waals surface area contributed by atoms with Gasteiger partial charge in [-0.25, -0.2) is 0 Å². The van der Waals surface area contributed by atoms with E-state index in [1.807, 2.05) is 81.4 Å². The zero-order chi connectivity index (χ0) is 29.5. The Kier molecular flexibility index (Phi) is 6.94. The summed E-state index contributed by atoms with van der Waals surface area (Å²) in [6.07, 6.45) is 0.648. The maximum Gasteiger partial charge on any atom is 0.286 e. The highest BCUT2D eigenvalue weighted by Gasteiger charge is 2.46. The van der Waals surface area contributed by atoms with Crippen LogP contribution in [0.4, 0.5) is 0 Å². The number of aromatic nitrogens is 2. The first-order valence-corrected chi connectivity index (χ1v) is 14.1. The summed E-state index contributed by atoms with van der Waals surface area (Å²) in [6.45, 7) is 5.93. The van der Waals surface area contributed by atoms with Crippen molar-refractivity contribution in [1.82, 2.24) is 25.7 Å². The Morgan fingerprint density at radius 2 is 1.74 bits per heavy atom. The molecule has 0 saturated carbocycles. The first-order valence-electron chi connectivity index (χ1n) is 14.1. The topological polar surface area (TPSA) is 119 Å². The number of aryl methyl sites for hydroxylation is 1. The van der Waals surface area contributed by atoms with E-state index in [4.69, 9.17) is 4.74 Å². The highest BCUT2D eigenvalue weighted by molar-refractivity contribution is 6.04. The minimum Gasteiger partial charge on any atom is -0.497 e. The molecule has 1 aliphatic heterocycles. The molecule has 42 heavy (non-hydrogen) atoms. The van der Waals surface area contributed by atoms with Crippen LogP contribution in [0.15, 0.2) is 72.8 Å². The van der Waals surface area contributed by atoms with Crippen molar-refractivity contribution in [2.75, 3.05) is 7.11 Å². The van der Waals surface area contributed by atoms with Crippen molar-refractivity contribution in [2.45, 2.75) is 39.3 Å². The monoisotopic (exact) mass is 563 g/mol. The van der Waals surface area contributed by atoms with Crippen LogP contribution in [0.3, 0.4) is 0 Å². The third kappa shape index (κ3) is 4.47. The number of nitrogens with zero attached hydrogens (tertiary/aromatic N) is 1. The van der Waals surface area contributed by atoms with Crippen LogP contribution in [0.1, 0.15) is 64.0 Å². The van der Waals surface area contributed by atoms with E-state index in [-0.39, 0.29) is 17.5 Å². The summed E-state index contributed by atoms with van der Waals surface area (Å²) in [5.74, 6) is -0.694. The van der Waals surface area contributed by atoms with Gasteiger partial charge in [0, 0.05) is 38.6 Å². The molecule has 0 bridgehead atoms. The van der Waals surface area contributed by atoms with Crippen LogP contribution >= 0.6 is 0 Å². The van der Waals surface area contributed by atoms with Gasteiger partial charge in [-0.05, 0) is 54.8 Å². The number of hydrogen-bond acceptors (Lipinski definition) is 4. The summed E-state index contributed by atoms with van der Waals surface area (Å²) >= 11 is 0. The average Bonchev–Trinajstić information content (AvgIpc) is 3.66. The fourth-order valence-electron chi connectivity index (χ4n) is 6.07. The third-order valence-corrected chi connectivity index (χ3v) is 8.34. The van der Waals surface area contributed by atoms with Crippen LogP contribution < -0.4 is 15.6 Å². The van der Waals surface area contributed by atoms with Crippen LogP contribution in [0.25, 0.3) is 21.8 Å². The van der Waals surface area contributed by atoms with Crippen molar-refractivity contribution in [2.24, 2.45) is 5.92 Å². The lowest BCUT2D eigenvalue weighted by atomic mass is 9.91. The quantitative estimate of drug-likeness (QED) is 0.199. The summed E-state index contributed by atoms with van der Waals surface area (Å²) in [6, 6.07) is 21.3. The molecule has 9 heteroatoms. The molecule has 0 aliphatic carbocycles. The number of hydrogen-bond donors (Lipinski definition) is 4. The number of hydrazine groups is 1. The summed E-state index contributed by atoms with van der Waals surface area (Å²) < 4.78 is 5.27. The highest BCUT2D eigenvalue weighted by atomic mass is 16.5. The summed E-state index contributed by atoms with van der Waals surface area (Å²) in [4.78, 5) is 49.3. The number of carbonyl (C=O) groups is 3. The lowest BCUT2D eigenvalue weighted by Gasteiger charge is -2.36. The van der Waals surface area contributed by atoms with Crippen molar-refractivity contribution in [3.05, 3.63) is 101 Å². The molecule has 0 radical (unpaired) electrons. The molecule has 5 aromatic rings. The Balaban J connectivity index is 1.33. The molecule has 2 aromatic heterocycles. The van der Waals surface area contributed by atoms with E-state index in [1.54, 1.807) is 24.1 Å². The maximum atomic E-state index is 14.1. The van der Waals surface area contributed by atoms with Crippen LogP contribution in [0.5, 0.6) is 5.75 Å². The van der Waals surface area contributed by atoms with E-state index in [0.29, 0.717) is 17.7 Å². The molecule has 3 amide bonds. The largest absolute Gasteiger partial charge is 0.497 e. The van der Waals surface area contributed by atoms with Gasteiger partial charge in [-0.1, -0.05) is 56.7 Å². The second kappa shape index (κ2) is 10.7. The molecular formula is C33H33N5O4. The summed E-state index contributed by atoms with van der Waals surface area (Å²) in [5, 5.41) is 1.81. The smallest absolute Gasteiger partial charge is 0.286 e. The van der Waals surface area contributed by atoms with Gasteiger partial charge in [0.2, 0.25) is 0 Å². The molecule has 3 aromatic carbocycles. The molecule has 0 saturated heterocycles. The zero-order valence-corrected chi connectivity index (χ0v) is 23.9. The lowest BCUT2D eigenvalue weighted by Crippen LogP contribution is -2.55. The predicted octanol–water partition coefficient (Wildman–Crippen LogP) is 5.39. The van der Waals surface area contributed by atoms with Gasteiger partial charge in [0.1, 0.15) is 17.5 Å². The zero-order valence-electron chi connectivity index (χ0n) is 23.9. The number of rotatable bonds is 7. The van der Waals surface area contributed by atoms with Crippen LogP contribution in [0.2, 0.25) is 0 Å². The Morgan fingerprint density at radius 3 is 2.52 bits per heavy atom. The van der Waals surface area contributed by atoms with Crippen LogP contribution in [-0.4, -0.2) is 45.7 Å². The molecule has 3 atom stereocenters. The van der Waals surface area contributed by atoms with E-state index >= 15 is 0 Å². The normalized spacial score (nSPS) is 16.0. The van der Waals surface area contributed by atoms with E-state index in [1.165, 1.54) is 0 Å². The first kappa shape index (κ1) is 27.1. The molecule has 1 aliphatic rings. The van der Waals surface area contributed by atoms with E-state index in [0.717, 1.165) is 38.6 Å². The number of nitrogens with one attached hydrogen (secondary N) is 4. The SMILES string of the molecule is CCC(C)C(C(=O)NNC(=O)c1cc2cc(OC)ccc2[nH]1)N1C(=O)c2ccccc2C1c1c(C)[nH]c2ccccc12. The molecule has 9 nitrogen and oxygen atoms in total. The van der Waals surface area contributed by atoms with Crippen molar-refractivity contribution < 1.29 is 19.1 Å². The Morgan fingerprint density at radius 1 is 0.976 bits per heavy atom.